The quantitative estimate of drug-likeness (QED) is 0.461. The van der Waals surface area contributed by atoms with Crippen molar-refractivity contribution in [2.24, 2.45) is 0 Å². The Kier molecular flexibility index (Phi) is 5.58. The zero-order valence-corrected chi connectivity index (χ0v) is 18.7. The Morgan fingerprint density at radius 1 is 1.13 bits per heavy atom. The maximum Gasteiger partial charge on any atom is 0.348 e. The second-order valence-corrected chi connectivity index (χ2v) is 9.01. The van der Waals surface area contributed by atoms with Crippen molar-refractivity contribution < 1.29 is 18.7 Å². The fraction of sp³-hybridized carbons (Fsp3) is 0.240. The van der Waals surface area contributed by atoms with Gasteiger partial charge in [0.1, 0.15) is 11.5 Å². The van der Waals surface area contributed by atoms with Gasteiger partial charge in [0.05, 0.1) is 12.6 Å². The largest absolute Gasteiger partial charge is 0.493 e. The average Bonchev–Trinajstić information content (AvgIpc) is 3.25. The van der Waals surface area contributed by atoms with Crippen LogP contribution in [0.1, 0.15) is 41.6 Å². The number of fused-ring (bicyclic) bond motifs is 1. The van der Waals surface area contributed by atoms with Crippen molar-refractivity contribution in [1.29, 1.82) is 0 Å². The molecule has 0 amide bonds. The lowest BCUT2D eigenvalue weighted by atomic mass is 9.85. The van der Waals surface area contributed by atoms with E-state index in [4.69, 9.17) is 9.47 Å². The molecule has 0 radical (unpaired) electrons. The molecule has 1 aromatic heterocycles. The van der Waals surface area contributed by atoms with Gasteiger partial charge in [0, 0.05) is 22.4 Å². The van der Waals surface area contributed by atoms with Crippen molar-refractivity contribution in [3.05, 3.63) is 75.7 Å². The minimum Gasteiger partial charge on any atom is -0.493 e. The molecule has 0 fully saturated rings. The highest BCUT2D eigenvalue weighted by Gasteiger charge is 2.27. The van der Waals surface area contributed by atoms with Crippen LogP contribution in [-0.4, -0.2) is 18.6 Å². The first-order valence-electron chi connectivity index (χ1n) is 9.98. The van der Waals surface area contributed by atoms with Crippen LogP contribution in [-0.2, 0) is 11.3 Å². The van der Waals surface area contributed by atoms with Gasteiger partial charge in [0.2, 0.25) is 0 Å². The first-order chi connectivity index (χ1) is 14.8. The standard InChI is InChI=1S/C25H24FNO3S/c1-15-13-25(2,3)27-20-11-10-16(17-7-5-8-19(26)23(17)29-4)18(22(15)20)14-30-24(28)21-9-6-12-31-21/h5-13,27H,14H2,1-4H3. The highest BCUT2D eigenvalue weighted by Crippen LogP contribution is 2.43. The molecular formula is C25H24FNO3S. The van der Waals surface area contributed by atoms with Crippen molar-refractivity contribution >= 4 is 28.6 Å². The van der Waals surface area contributed by atoms with Crippen LogP contribution >= 0.6 is 11.3 Å². The van der Waals surface area contributed by atoms with Crippen LogP contribution in [0.4, 0.5) is 10.1 Å². The zero-order chi connectivity index (χ0) is 22.2. The van der Waals surface area contributed by atoms with E-state index in [1.165, 1.54) is 24.5 Å². The molecule has 4 nitrogen and oxygen atoms in total. The van der Waals surface area contributed by atoms with Gasteiger partial charge in [-0.15, -0.1) is 11.3 Å². The number of hydrogen-bond acceptors (Lipinski definition) is 5. The lowest BCUT2D eigenvalue weighted by molar-refractivity contribution is 0.0479. The van der Waals surface area contributed by atoms with Gasteiger partial charge in [-0.25, -0.2) is 9.18 Å². The van der Waals surface area contributed by atoms with E-state index in [1.54, 1.807) is 12.1 Å². The van der Waals surface area contributed by atoms with Crippen LogP contribution in [0.2, 0.25) is 0 Å². The molecule has 1 N–H and O–H groups in total. The summed E-state index contributed by atoms with van der Waals surface area (Å²) in [4.78, 5) is 13.1. The lowest BCUT2D eigenvalue weighted by Gasteiger charge is -2.33. The molecular weight excluding hydrogens is 413 g/mol. The molecule has 31 heavy (non-hydrogen) atoms. The first kappa shape index (κ1) is 21.1. The normalized spacial score (nSPS) is 14.3. The van der Waals surface area contributed by atoms with Gasteiger partial charge in [-0.2, -0.15) is 0 Å². The molecule has 6 heteroatoms. The van der Waals surface area contributed by atoms with E-state index in [1.807, 2.05) is 36.6 Å². The molecule has 0 unspecified atom stereocenters. The number of allylic oxidation sites excluding steroid dienone is 1. The number of methoxy groups -OCH3 is 1. The third-order valence-corrected chi connectivity index (χ3v) is 6.12. The second kappa shape index (κ2) is 8.19. The fourth-order valence-corrected chi connectivity index (χ4v) is 4.75. The average molecular weight is 438 g/mol. The molecule has 160 valence electrons. The number of esters is 1. The van der Waals surface area contributed by atoms with Crippen molar-refractivity contribution in [3.63, 3.8) is 0 Å². The van der Waals surface area contributed by atoms with Crippen LogP contribution < -0.4 is 10.1 Å². The molecule has 0 aliphatic carbocycles. The highest BCUT2D eigenvalue weighted by molar-refractivity contribution is 7.11. The van der Waals surface area contributed by atoms with Crippen LogP contribution in [0.15, 0.2) is 53.9 Å². The van der Waals surface area contributed by atoms with Crippen LogP contribution in [0.5, 0.6) is 5.75 Å². The maximum atomic E-state index is 14.5. The summed E-state index contributed by atoms with van der Waals surface area (Å²) in [6, 6.07) is 12.3. The van der Waals surface area contributed by atoms with Gasteiger partial charge >= 0.3 is 5.97 Å². The topological polar surface area (TPSA) is 47.6 Å². The van der Waals surface area contributed by atoms with E-state index in [0.717, 1.165) is 28.0 Å². The molecule has 1 aliphatic rings. The maximum absolute atomic E-state index is 14.5. The molecule has 0 bridgehead atoms. The fourth-order valence-electron chi connectivity index (χ4n) is 4.13. The molecule has 2 heterocycles. The van der Waals surface area contributed by atoms with Crippen LogP contribution in [0, 0.1) is 5.82 Å². The summed E-state index contributed by atoms with van der Waals surface area (Å²) in [6.07, 6.45) is 2.15. The summed E-state index contributed by atoms with van der Waals surface area (Å²) in [7, 11) is 1.45. The molecule has 0 spiro atoms. The molecule has 0 saturated carbocycles. The van der Waals surface area contributed by atoms with Crippen LogP contribution in [0.3, 0.4) is 0 Å². The van der Waals surface area contributed by atoms with Gasteiger partial charge in [-0.05, 0) is 55.5 Å². The van der Waals surface area contributed by atoms with Crippen molar-refractivity contribution in [2.45, 2.75) is 32.9 Å². The molecule has 1 aliphatic heterocycles. The Morgan fingerprint density at radius 3 is 2.65 bits per heavy atom. The monoisotopic (exact) mass is 437 g/mol. The number of benzene rings is 2. The number of nitrogens with one attached hydrogen (secondary N) is 1. The minimum atomic E-state index is -0.439. The van der Waals surface area contributed by atoms with Gasteiger partial charge < -0.3 is 14.8 Å². The van der Waals surface area contributed by atoms with Crippen molar-refractivity contribution in [2.75, 3.05) is 12.4 Å². The molecule has 4 rings (SSSR count). The van der Waals surface area contributed by atoms with E-state index in [0.29, 0.717) is 10.4 Å². The van der Waals surface area contributed by atoms with E-state index >= 15 is 0 Å². The zero-order valence-electron chi connectivity index (χ0n) is 17.9. The Labute approximate surface area is 185 Å². The number of hydrogen-bond donors (Lipinski definition) is 1. The Balaban J connectivity index is 1.85. The Bertz CT molecular complexity index is 1170. The Hall–Kier alpha value is -3.12. The first-order valence-corrected chi connectivity index (χ1v) is 10.9. The number of carbonyl (C=O) groups excluding carboxylic acids is 1. The van der Waals surface area contributed by atoms with Gasteiger partial charge in [0.15, 0.2) is 11.6 Å². The summed E-state index contributed by atoms with van der Waals surface area (Å²) in [5.41, 5.74) is 4.96. The number of thiophene rings is 1. The molecule has 0 saturated heterocycles. The minimum absolute atomic E-state index is 0.0577. The molecule has 2 aromatic carbocycles. The third kappa shape index (κ3) is 4.08. The highest BCUT2D eigenvalue weighted by atomic mass is 32.1. The Morgan fingerprint density at radius 2 is 1.94 bits per heavy atom. The molecule has 0 atom stereocenters. The summed E-state index contributed by atoms with van der Waals surface area (Å²) in [5, 5.41) is 5.36. The molecule has 3 aromatic rings. The van der Waals surface area contributed by atoms with E-state index in [-0.39, 0.29) is 23.9 Å². The smallest absolute Gasteiger partial charge is 0.348 e. The number of ether oxygens (including phenoxy) is 2. The summed E-state index contributed by atoms with van der Waals surface area (Å²) in [5.74, 6) is -0.653. The van der Waals surface area contributed by atoms with Crippen LogP contribution in [0.25, 0.3) is 16.7 Å². The van der Waals surface area contributed by atoms with E-state index in [9.17, 15) is 9.18 Å². The van der Waals surface area contributed by atoms with Gasteiger partial charge in [0.25, 0.3) is 0 Å². The SMILES string of the molecule is COc1c(F)cccc1-c1ccc2c(c1COC(=O)c1cccs1)C(C)=CC(C)(C)N2. The summed E-state index contributed by atoms with van der Waals surface area (Å²) < 4.78 is 25.5. The predicted octanol–water partition coefficient (Wildman–Crippen LogP) is 6.53. The number of carbonyl (C=O) groups is 1. The number of para-hydroxylation sites is 1. The predicted molar refractivity (Wildman–Crippen MR) is 123 cm³/mol. The van der Waals surface area contributed by atoms with E-state index < -0.39 is 5.82 Å². The van der Waals surface area contributed by atoms with Gasteiger partial charge in [-0.1, -0.05) is 30.3 Å². The second-order valence-electron chi connectivity index (χ2n) is 8.06. The lowest BCUT2D eigenvalue weighted by Crippen LogP contribution is -2.32. The van der Waals surface area contributed by atoms with Gasteiger partial charge in [-0.3, -0.25) is 0 Å². The summed E-state index contributed by atoms with van der Waals surface area (Å²) >= 11 is 1.34. The number of halogens is 1. The third-order valence-electron chi connectivity index (χ3n) is 5.27. The summed E-state index contributed by atoms with van der Waals surface area (Å²) in [6.45, 7) is 6.29. The number of anilines is 1. The van der Waals surface area contributed by atoms with E-state index in [2.05, 4.69) is 25.2 Å². The van der Waals surface area contributed by atoms with Crippen molar-refractivity contribution in [1.82, 2.24) is 0 Å². The number of rotatable bonds is 5. The van der Waals surface area contributed by atoms with Crippen molar-refractivity contribution in [3.8, 4) is 16.9 Å².